The van der Waals surface area contributed by atoms with Gasteiger partial charge < -0.3 is 15.8 Å². The Labute approximate surface area is 112 Å². The largest absolute Gasteiger partial charge is 0.448 e. The highest BCUT2D eigenvalue weighted by atomic mass is 32.2. The number of sulfonamides is 1. The molecule has 0 radical (unpaired) electrons. The predicted octanol–water partition coefficient (Wildman–Crippen LogP) is 0.444. The molecule has 1 amide bonds. The van der Waals surface area contributed by atoms with Crippen molar-refractivity contribution < 1.29 is 17.9 Å². The lowest BCUT2D eigenvalue weighted by atomic mass is 10.3. The van der Waals surface area contributed by atoms with Gasteiger partial charge in [0.1, 0.15) is 11.5 Å². The molecule has 8 heteroatoms. The minimum atomic E-state index is -3.52. The van der Waals surface area contributed by atoms with Gasteiger partial charge in [0.05, 0.1) is 5.69 Å². The normalized spacial score (nSPS) is 11.3. The molecular formula is C11H17N3O4S. The fourth-order valence-electron chi connectivity index (χ4n) is 1.37. The summed E-state index contributed by atoms with van der Waals surface area (Å²) >= 11 is 0. The molecule has 0 saturated heterocycles. The molecule has 0 fully saturated rings. The Hall–Kier alpha value is -1.80. The van der Waals surface area contributed by atoms with Crippen molar-refractivity contribution in [2.75, 3.05) is 32.6 Å². The predicted molar refractivity (Wildman–Crippen MR) is 71.3 cm³/mol. The maximum absolute atomic E-state index is 12.1. The first kappa shape index (κ1) is 15.3. The van der Waals surface area contributed by atoms with Crippen LogP contribution in [0.15, 0.2) is 29.2 Å². The smallest absolute Gasteiger partial charge is 0.404 e. The molecule has 1 aromatic rings. The lowest BCUT2D eigenvalue weighted by Gasteiger charge is -2.16. The molecule has 0 heterocycles. The second-order valence-corrected chi connectivity index (χ2v) is 6.00. The maximum atomic E-state index is 12.1. The van der Waals surface area contributed by atoms with Gasteiger partial charge in [0, 0.05) is 20.6 Å². The van der Waals surface area contributed by atoms with Gasteiger partial charge in [-0.1, -0.05) is 12.1 Å². The maximum Gasteiger partial charge on any atom is 0.404 e. The second kappa shape index (κ2) is 6.39. The van der Waals surface area contributed by atoms with Crippen LogP contribution in [-0.2, 0) is 14.8 Å². The van der Waals surface area contributed by atoms with E-state index in [-0.39, 0.29) is 18.0 Å². The molecule has 0 saturated carbocycles. The lowest BCUT2D eigenvalue weighted by molar-refractivity contribution is 0.161. The molecule has 19 heavy (non-hydrogen) atoms. The van der Waals surface area contributed by atoms with Crippen LogP contribution in [0.3, 0.4) is 0 Å². The Morgan fingerprint density at radius 2 is 2.00 bits per heavy atom. The fraction of sp³-hybridized carbons (Fsp3) is 0.364. The SMILES string of the molecule is CN(C)S(=O)(=O)c1ccccc1NCCOC(N)=O. The number of nitrogens with two attached hydrogens (primary N) is 1. The number of nitrogens with one attached hydrogen (secondary N) is 1. The standard InChI is InChI=1S/C11H17N3O4S/c1-14(2)19(16,17)10-6-4-3-5-9(10)13-7-8-18-11(12)15/h3-6,13H,7-8H2,1-2H3,(H2,12,15). The second-order valence-electron chi connectivity index (χ2n) is 3.88. The molecule has 0 aliphatic rings. The van der Waals surface area contributed by atoms with Gasteiger partial charge in [-0.25, -0.2) is 17.5 Å². The van der Waals surface area contributed by atoms with E-state index in [2.05, 4.69) is 10.1 Å². The first-order valence-electron chi connectivity index (χ1n) is 5.53. The zero-order valence-corrected chi connectivity index (χ0v) is 11.6. The molecule has 0 atom stereocenters. The van der Waals surface area contributed by atoms with Crippen LogP contribution in [0.5, 0.6) is 0 Å². The van der Waals surface area contributed by atoms with Crippen molar-refractivity contribution in [2.45, 2.75) is 4.90 Å². The van der Waals surface area contributed by atoms with E-state index in [4.69, 9.17) is 5.73 Å². The molecule has 0 aliphatic carbocycles. The van der Waals surface area contributed by atoms with Gasteiger partial charge in [0.25, 0.3) is 0 Å². The van der Waals surface area contributed by atoms with Crippen LogP contribution >= 0.6 is 0 Å². The van der Waals surface area contributed by atoms with Crippen molar-refractivity contribution in [2.24, 2.45) is 5.73 Å². The first-order chi connectivity index (χ1) is 8.85. The molecule has 0 bridgehead atoms. The summed E-state index contributed by atoms with van der Waals surface area (Å²) < 4.78 is 29.8. The average Bonchev–Trinajstić information content (AvgIpc) is 2.34. The summed E-state index contributed by atoms with van der Waals surface area (Å²) in [5, 5.41) is 2.89. The Balaban J connectivity index is 2.83. The number of para-hydroxylation sites is 1. The molecule has 1 aromatic carbocycles. The molecule has 0 aromatic heterocycles. The summed E-state index contributed by atoms with van der Waals surface area (Å²) in [4.78, 5) is 10.6. The number of hydrogen-bond acceptors (Lipinski definition) is 5. The summed E-state index contributed by atoms with van der Waals surface area (Å²) in [7, 11) is -0.601. The Kier molecular flexibility index (Phi) is 5.13. The first-order valence-corrected chi connectivity index (χ1v) is 6.97. The molecular weight excluding hydrogens is 270 g/mol. The van der Waals surface area contributed by atoms with E-state index in [1.807, 2.05) is 0 Å². The van der Waals surface area contributed by atoms with Crippen molar-refractivity contribution in [1.82, 2.24) is 4.31 Å². The van der Waals surface area contributed by atoms with Gasteiger partial charge in [-0.15, -0.1) is 0 Å². The van der Waals surface area contributed by atoms with Crippen molar-refractivity contribution in [3.63, 3.8) is 0 Å². The molecule has 1 rings (SSSR count). The van der Waals surface area contributed by atoms with Crippen molar-refractivity contribution in [1.29, 1.82) is 0 Å². The monoisotopic (exact) mass is 287 g/mol. The highest BCUT2D eigenvalue weighted by Gasteiger charge is 2.20. The third-order valence-electron chi connectivity index (χ3n) is 2.31. The van der Waals surface area contributed by atoms with Gasteiger partial charge in [0.2, 0.25) is 10.0 Å². The molecule has 7 nitrogen and oxygen atoms in total. The van der Waals surface area contributed by atoms with Crippen molar-refractivity contribution >= 4 is 21.8 Å². The van der Waals surface area contributed by atoms with Gasteiger partial charge in [-0.05, 0) is 12.1 Å². The number of amides is 1. The molecule has 0 aliphatic heterocycles. The van der Waals surface area contributed by atoms with Gasteiger partial charge in [-0.2, -0.15) is 0 Å². The van der Waals surface area contributed by atoms with E-state index in [1.165, 1.54) is 20.2 Å². The van der Waals surface area contributed by atoms with Crippen LogP contribution in [0.4, 0.5) is 10.5 Å². The van der Waals surface area contributed by atoms with Crippen LogP contribution < -0.4 is 11.1 Å². The zero-order valence-electron chi connectivity index (χ0n) is 10.8. The Morgan fingerprint density at radius 1 is 1.37 bits per heavy atom. The third-order valence-corrected chi connectivity index (χ3v) is 4.18. The number of carbonyl (C=O) groups excluding carboxylic acids is 1. The highest BCUT2D eigenvalue weighted by molar-refractivity contribution is 7.89. The minimum absolute atomic E-state index is 0.0612. The summed E-state index contributed by atoms with van der Waals surface area (Å²) in [6, 6.07) is 6.50. The van der Waals surface area contributed by atoms with Crippen LogP contribution in [0, 0.1) is 0 Å². The van der Waals surface area contributed by atoms with Crippen LogP contribution in [0.2, 0.25) is 0 Å². The highest BCUT2D eigenvalue weighted by Crippen LogP contribution is 2.22. The van der Waals surface area contributed by atoms with E-state index in [0.717, 1.165) is 4.31 Å². The van der Waals surface area contributed by atoms with E-state index >= 15 is 0 Å². The molecule has 0 spiro atoms. The summed E-state index contributed by atoms with van der Waals surface area (Å²) in [6.45, 7) is 0.328. The van der Waals surface area contributed by atoms with Gasteiger partial charge in [0.15, 0.2) is 0 Å². The lowest BCUT2D eigenvalue weighted by Crippen LogP contribution is -2.24. The number of rotatable bonds is 6. The quantitative estimate of drug-likeness (QED) is 0.739. The number of nitrogens with zero attached hydrogens (tertiary/aromatic N) is 1. The van der Waals surface area contributed by atoms with Crippen molar-refractivity contribution in [3.05, 3.63) is 24.3 Å². The topological polar surface area (TPSA) is 102 Å². The van der Waals surface area contributed by atoms with E-state index < -0.39 is 16.1 Å². The van der Waals surface area contributed by atoms with Crippen LogP contribution in [0.25, 0.3) is 0 Å². The number of carbonyl (C=O) groups is 1. The van der Waals surface area contributed by atoms with Crippen LogP contribution in [0.1, 0.15) is 0 Å². The van der Waals surface area contributed by atoms with E-state index in [0.29, 0.717) is 5.69 Å². The number of ether oxygens (including phenoxy) is 1. The number of primary amides is 1. The Bertz CT molecular complexity index is 543. The summed E-state index contributed by atoms with van der Waals surface area (Å²) in [5.74, 6) is 0. The molecule has 106 valence electrons. The summed E-state index contributed by atoms with van der Waals surface area (Å²) in [5.41, 5.74) is 5.27. The van der Waals surface area contributed by atoms with Crippen molar-refractivity contribution in [3.8, 4) is 0 Å². The summed E-state index contributed by atoms with van der Waals surface area (Å²) in [6.07, 6.45) is -0.865. The number of anilines is 1. The molecule has 3 N–H and O–H groups in total. The molecule has 0 unspecified atom stereocenters. The minimum Gasteiger partial charge on any atom is -0.448 e. The van der Waals surface area contributed by atoms with E-state index in [1.54, 1.807) is 18.2 Å². The number of benzene rings is 1. The Morgan fingerprint density at radius 3 is 2.58 bits per heavy atom. The fourth-order valence-corrected chi connectivity index (χ4v) is 2.43. The van der Waals surface area contributed by atoms with Gasteiger partial charge >= 0.3 is 6.09 Å². The van der Waals surface area contributed by atoms with E-state index in [9.17, 15) is 13.2 Å². The third kappa shape index (κ3) is 4.11. The average molecular weight is 287 g/mol. The van der Waals surface area contributed by atoms with Crippen LogP contribution in [-0.4, -0.2) is 46.1 Å². The number of hydrogen-bond donors (Lipinski definition) is 2. The zero-order chi connectivity index (χ0) is 14.5. The van der Waals surface area contributed by atoms with Gasteiger partial charge in [-0.3, -0.25) is 0 Å².